The van der Waals surface area contributed by atoms with E-state index in [9.17, 15) is 4.79 Å². The molecule has 3 rings (SSSR count). The number of carbonyl (C=O) groups is 1. The van der Waals surface area contributed by atoms with Gasteiger partial charge in [-0.05, 0) is 49.7 Å². The van der Waals surface area contributed by atoms with Gasteiger partial charge < -0.3 is 4.90 Å². The molecule has 2 aliphatic rings. The van der Waals surface area contributed by atoms with Gasteiger partial charge in [-0.1, -0.05) is 31.4 Å². The van der Waals surface area contributed by atoms with Crippen LogP contribution in [-0.2, 0) is 6.42 Å². The molecule has 3 nitrogen and oxygen atoms in total. The quantitative estimate of drug-likeness (QED) is 0.771. The maximum atomic E-state index is 12.7. The highest BCUT2D eigenvalue weighted by Crippen LogP contribution is 2.46. The Balaban J connectivity index is 1.70. The largest absolute Gasteiger partial charge is 0.339 e. The second kappa shape index (κ2) is 5.96. The van der Waals surface area contributed by atoms with E-state index in [4.69, 9.17) is 11.6 Å². The summed E-state index contributed by atoms with van der Waals surface area (Å²) in [6.07, 6.45) is 8.58. The van der Waals surface area contributed by atoms with Crippen LogP contribution in [0.1, 0.15) is 61.5 Å². The summed E-state index contributed by atoms with van der Waals surface area (Å²) < 4.78 is 0. The number of rotatable bonds is 2. The minimum absolute atomic E-state index is 0.113. The van der Waals surface area contributed by atoms with Gasteiger partial charge in [-0.25, -0.2) is 4.98 Å². The van der Waals surface area contributed by atoms with E-state index in [1.54, 1.807) is 6.07 Å². The molecular weight excluding hydrogens is 284 g/mol. The molecule has 114 valence electrons. The van der Waals surface area contributed by atoms with E-state index in [-0.39, 0.29) is 5.91 Å². The number of aromatic nitrogens is 1. The van der Waals surface area contributed by atoms with Crippen molar-refractivity contribution in [1.82, 2.24) is 9.88 Å². The Labute approximate surface area is 131 Å². The van der Waals surface area contributed by atoms with Crippen LogP contribution in [0.15, 0.2) is 12.1 Å². The van der Waals surface area contributed by atoms with Crippen molar-refractivity contribution in [1.29, 1.82) is 0 Å². The first kappa shape index (κ1) is 14.8. The molecule has 1 spiro atoms. The van der Waals surface area contributed by atoms with Crippen LogP contribution in [0.25, 0.3) is 0 Å². The van der Waals surface area contributed by atoms with Crippen LogP contribution in [-0.4, -0.2) is 28.9 Å². The Hall–Kier alpha value is -1.09. The van der Waals surface area contributed by atoms with E-state index in [2.05, 4.69) is 4.98 Å². The molecule has 1 aromatic heterocycles. The standard InChI is InChI=1S/C17H23ClN2O/c1-2-14-11-13(12-15(18)19-14)16(21)20-9-7-17(8-10-20)5-3-4-6-17/h11-12H,2-10H2,1H3. The summed E-state index contributed by atoms with van der Waals surface area (Å²) in [6, 6.07) is 3.58. The van der Waals surface area contributed by atoms with Gasteiger partial charge >= 0.3 is 0 Å². The lowest BCUT2D eigenvalue weighted by atomic mass is 9.77. The summed E-state index contributed by atoms with van der Waals surface area (Å²) in [5.41, 5.74) is 2.12. The van der Waals surface area contributed by atoms with Crippen LogP contribution in [0.2, 0.25) is 5.15 Å². The van der Waals surface area contributed by atoms with Crippen LogP contribution in [0.4, 0.5) is 0 Å². The summed E-state index contributed by atoms with van der Waals surface area (Å²) in [5.74, 6) is 0.113. The molecule has 0 aromatic carbocycles. The van der Waals surface area contributed by atoms with Gasteiger partial charge in [-0.2, -0.15) is 0 Å². The molecule has 1 aliphatic heterocycles. The van der Waals surface area contributed by atoms with E-state index in [1.165, 1.54) is 25.7 Å². The highest BCUT2D eigenvalue weighted by atomic mass is 35.5. The van der Waals surface area contributed by atoms with Crippen LogP contribution in [0.5, 0.6) is 0 Å². The molecule has 2 heterocycles. The summed E-state index contributed by atoms with van der Waals surface area (Å²) in [5, 5.41) is 0.418. The van der Waals surface area contributed by atoms with Gasteiger partial charge in [-0.15, -0.1) is 0 Å². The number of halogens is 1. The van der Waals surface area contributed by atoms with E-state index in [0.717, 1.165) is 38.0 Å². The predicted molar refractivity (Wildman–Crippen MR) is 84.7 cm³/mol. The third kappa shape index (κ3) is 3.08. The normalized spacial score (nSPS) is 21.0. The van der Waals surface area contributed by atoms with E-state index >= 15 is 0 Å². The van der Waals surface area contributed by atoms with Crippen LogP contribution in [0.3, 0.4) is 0 Å². The average Bonchev–Trinajstić information content (AvgIpc) is 2.95. The van der Waals surface area contributed by atoms with Crippen molar-refractivity contribution in [2.75, 3.05) is 13.1 Å². The number of pyridine rings is 1. The van der Waals surface area contributed by atoms with Crippen molar-refractivity contribution >= 4 is 17.5 Å². The number of nitrogens with zero attached hydrogens (tertiary/aromatic N) is 2. The fourth-order valence-electron chi connectivity index (χ4n) is 3.85. The smallest absolute Gasteiger partial charge is 0.254 e. The fourth-order valence-corrected chi connectivity index (χ4v) is 4.07. The van der Waals surface area contributed by atoms with E-state index < -0.39 is 0 Å². The Kier molecular flexibility index (Phi) is 4.21. The van der Waals surface area contributed by atoms with Gasteiger partial charge in [-0.3, -0.25) is 4.79 Å². The molecule has 1 saturated carbocycles. The third-order valence-electron chi connectivity index (χ3n) is 5.23. The Morgan fingerprint density at radius 1 is 1.24 bits per heavy atom. The Morgan fingerprint density at radius 2 is 1.90 bits per heavy atom. The van der Waals surface area contributed by atoms with Crippen molar-refractivity contribution in [3.05, 3.63) is 28.5 Å². The molecule has 1 aliphatic carbocycles. The lowest BCUT2D eigenvalue weighted by Crippen LogP contribution is -2.42. The highest BCUT2D eigenvalue weighted by Gasteiger charge is 2.38. The second-order valence-corrected chi connectivity index (χ2v) is 6.91. The average molecular weight is 307 g/mol. The van der Waals surface area contributed by atoms with Crippen LogP contribution in [0, 0.1) is 5.41 Å². The maximum absolute atomic E-state index is 12.7. The van der Waals surface area contributed by atoms with Crippen molar-refractivity contribution in [3.63, 3.8) is 0 Å². The van der Waals surface area contributed by atoms with Crippen LogP contribution < -0.4 is 0 Å². The molecule has 1 aromatic rings. The maximum Gasteiger partial charge on any atom is 0.254 e. The number of piperidine rings is 1. The number of hydrogen-bond acceptors (Lipinski definition) is 2. The minimum atomic E-state index is 0.113. The van der Waals surface area contributed by atoms with E-state index in [1.807, 2.05) is 17.9 Å². The molecule has 0 bridgehead atoms. The van der Waals surface area contributed by atoms with Crippen molar-refractivity contribution in [2.24, 2.45) is 5.41 Å². The van der Waals surface area contributed by atoms with Gasteiger partial charge in [0, 0.05) is 24.3 Å². The van der Waals surface area contributed by atoms with Gasteiger partial charge in [0.15, 0.2) is 0 Å². The number of likely N-dealkylation sites (tertiary alicyclic amines) is 1. The van der Waals surface area contributed by atoms with Crippen molar-refractivity contribution in [2.45, 2.75) is 51.9 Å². The zero-order valence-electron chi connectivity index (χ0n) is 12.7. The number of carbonyl (C=O) groups excluding carboxylic acids is 1. The van der Waals surface area contributed by atoms with Crippen molar-refractivity contribution in [3.8, 4) is 0 Å². The molecule has 0 radical (unpaired) electrons. The van der Waals surface area contributed by atoms with Crippen LogP contribution >= 0.6 is 11.6 Å². The lowest BCUT2D eigenvalue weighted by molar-refractivity contribution is 0.0587. The van der Waals surface area contributed by atoms with Gasteiger partial charge in [0.2, 0.25) is 0 Å². The van der Waals surface area contributed by atoms with Crippen molar-refractivity contribution < 1.29 is 4.79 Å². The number of aryl methyl sites for hydroxylation is 1. The summed E-state index contributed by atoms with van der Waals surface area (Å²) in [4.78, 5) is 18.9. The number of amides is 1. The second-order valence-electron chi connectivity index (χ2n) is 6.52. The lowest BCUT2D eigenvalue weighted by Gasteiger charge is -2.39. The summed E-state index contributed by atoms with van der Waals surface area (Å²) in [7, 11) is 0. The first-order valence-corrected chi connectivity index (χ1v) is 8.45. The van der Waals surface area contributed by atoms with Gasteiger partial charge in [0.25, 0.3) is 5.91 Å². The summed E-state index contributed by atoms with van der Waals surface area (Å²) >= 11 is 6.03. The SMILES string of the molecule is CCc1cc(C(=O)N2CCC3(CCCC3)CC2)cc(Cl)n1. The molecule has 2 fully saturated rings. The Morgan fingerprint density at radius 3 is 2.52 bits per heavy atom. The minimum Gasteiger partial charge on any atom is -0.339 e. The zero-order valence-corrected chi connectivity index (χ0v) is 13.5. The predicted octanol–water partition coefficient (Wildman–Crippen LogP) is 4.09. The zero-order chi connectivity index (χ0) is 14.9. The molecular formula is C17H23ClN2O. The molecule has 0 unspecified atom stereocenters. The van der Waals surface area contributed by atoms with E-state index in [0.29, 0.717) is 16.1 Å². The molecule has 0 N–H and O–H groups in total. The third-order valence-corrected chi connectivity index (χ3v) is 5.43. The Bertz CT molecular complexity index is 528. The first-order valence-electron chi connectivity index (χ1n) is 8.08. The first-order chi connectivity index (χ1) is 10.1. The molecule has 1 amide bonds. The van der Waals surface area contributed by atoms with Gasteiger partial charge in [0.1, 0.15) is 5.15 Å². The highest BCUT2D eigenvalue weighted by molar-refractivity contribution is 6.29. The molecule has 4 heteroatoms. The fraction of sp³-hybridized carbons (Fsp3) is 0.647. The summed E-state index contributed by atoms with van der Waals surface area (Å²) in [6.45, 7) is 3.80. The number of hydrogen-bond donors (Lipinski definition) is 0. The molecule has 1 saturated heterocycles. The monoisotopic (exact) mass is 306 g/mol. The topological polar surface area (TPSA) is 33.2 Å². The van der Waals surface area contributed by atoms with Gasteiger partial charge in [0.05, 0.1) is 0 Å². The molecule has 0 atom stereocenters. The molecule has 21 heavy (non-hydrogen) atoms.